The molecule has 3 N–H and O–H groups in total. The average molecular weight is 182 g/mol. The molecule has 2 amide bonds. The lowest BCUT2D eigenvalue weighted by molar-refractivity contribution is 0.129. The van der Waals surface area contributed by atoms with Crippen LogP contribution in [0.15, 0.2) is 0 Å². The van der Waals surface area contributed by atoms with Gasteiger partial charge < -0.3 is 11.1 Å². The molecule has 0 unspecified atom stereocenters. The molecule has 0 aromatic carbocycles. The Kier molecular flexibility index (Phi) is 2.42. The van der Waals surface area contributed by atoms with Crippen LogP contribution in [0.25, 0.3) is 0 Å². The van der Waals surface area contributed by atoms with Crippen molar-refractivity contribution in [1.82, 2.24) is 5.32 Å². The smallest absolute Gasteiger partial charge is 0.312 e. The van der Waals surface area contributed by atoms with Crippen LogP contribution in [0.1, 0.15) is 38.5 Å². The lowest BCUT2D eigenvalue weighted by Gasteiger charge is -2.42. The Labute approximate surface area is 79.1 Å². The number of nitrogens with one attached hydrogen (secondary N) is 1. The van der Waals surface area contributed by atoms with Crippen molar-refractivity contribution in [2.45, 2.75) is 44.6 Å². The standard InChI is InChI=1S/C10H18N2O/c11-10(13)12-9(7-3-1-4-7)8-5-2-6-8/h7-9H,1-6H2,(H3,11,12,13). The molecular weight excluding hydrogens is 164 g/mol. The SMILES string of the molecule is NC(=O)NC(C1CCC1)C1CCC1. The van der Waals surface area contributed by atoms with Crippen LogP contribution in [-0.2, 0) is 0 Å². The van der Waals surface area contributed by atoms with E-state index in [0.717, 1.165) is 11.8 Å². The van der Waals surface area contributed by atoms with Crippen molar-refractivity contribution in [1.29, 1.82) is 0 Å². The molecule has 74 valence electrons. The molecule has 0 aliphatic heterocycles. The maximum absolute atomic E-state index is 10.8. The fourth-order valence-corrected chi connectivity index (χ4v) is 2.38. The lowest BCUT2D eigenvalue weighted by atomic mass is 9.68. The lowest BCUT2D eigenvalue weighted by Crippen LogP contribution is -2.51. The van der Waals surface area contributed by atoms with E-state index in [0.29, 0.717) is 6.04 Å². The molecule has 13 heavy (non-hydrogen) atoms. The highest BCUT2D eigenvalue weighted by molar-refractivity contribution is 5.72. The van der Waals surface area contributed by atoms with Crippen molar-refractivity contribution in [2.24, 2.45) is 17.6 Å². The molecule has 0 spiro atoms. The normalized spacial score (nSPS) is 23.8. The van der Waals surface area contributed by atoms with E-state index in [9.17, 15) is 4.79 Å². The molecule has 3 nitrogen and oxygen atoms in total. The molecule has 0 bridgehead atoms. The third-order valence-electron chi connectivity index (χ3n) is 3.62. The van der Waals surface area contributed by atoms with Crippen molar-refractivity contribution in [3.8, 4) is 0 Å². The van der Waals surface area contributed by atoms with Gasteiger partial charge in [-0.25, -0.2) is 4.79 Å². The van der Waals surface area contributed by atoms with Gasteiger partial charge in [0.2, 0.25) is 0 Å². The Morgan fingerprint density at radius 3 is 1.85 bits per heavy atom. The van der Waals surface area contributed by atoms with E-state index in [1.54, 1.807) is 0 Å². The summed E-state index contributed by atoms with van der Waals surface area (Å²) in [5.74, 6) is 1.44. The molecule has 2 aliphatic carbocycles. The highest BCUT2D eigenvalue weighted by atomic mass is 16.2. The second kappa shape index (κ2) is 3.56. The highest BCUT2D eigenvalue weighted by Crippen LogP contribution is 2.39. The predicted molar refractivity (Wildman–Crippen MR) is 51.2 cm³/mol. The summed E-state index contributed by atoms with van der Waals surface area (Å²) in [6.07, 6.45) is 7.77. The van der Waals surface area contributed by atoms with Crippen LogP contribution >= 0.6 is 0 Å². The van der Waals surface area contributed by atoms with Gasteiger partial charge in [0.1, 0.15) is 0 Å². The van der Waals surface area contributed by atoms with Gasteiger partial charge in [-0.15, -0.1) is 0 Å². The van der Waals surface area contributed by atoms with Gasteiger partial charge in [0, 0.05) is 6.04 Å². The average Bonchev–Trinajstić information content (AvgIpc) is 1.75. The topological polar surface area (TPSA) is 55.1 Å². The minimum absolute atomic E-state index is 0.344. The summed E-state index contributed by atoms with van der Waals surface area (Å²) in [7, 11) is 0. The highest BCUT2D eigenvalue weighted by Gasteiger charge is 2.36. The van der Waals surface area contributed by atoms with Gasteiger partial charge in [-0.3, -0.25) is 0 Å². The van der Waals surface area contributed by atoms with E-state index < -0.39 is 0 Å². The second-order valence-electron chi connectivity index (χ2n) is 4.42. The number of amides is 2. The van der Waals surface area contributed by atoms with Crippen LogP contribution in [0.5, 0.6) is 0 Å². The molecular formula is C10H18N2O. The number of urea groups is 1. The first kappa shape index (κ1) is 8.85. The molecule has 0 atom stereocenters. The number of nitrogens with two attached hydrogens (primary N) is 1. The summed E-state index contributed by atoms with van der Waals surface area (Å²) in [5, 5.41) is 2.92. The van der Waals surface area contributed by atoms with Crippen molar-refractivity contribution in [3.63, 3.8) is 0 Å². The molecule has 0 aromatic heterocycles. The van der Waals surface area contributed by atoms with E-state index >= 15 is 0 Å². The number of carbonyl (C=O) groups excluding carboxylic acids is 1. The Bertz CT molecular complexity index is 183. The van der Waals surface area contributed by atoms with E-state index in [4.69, 9.17) is 5.73 Å². The van der Waals surface area contributed by atoms with Crippen molar-refractivity contribution in [2.75, 3.05) is 0 Å². The number of primary amides is 1. The number of carbonyl (C=O) groups is 1. The first-order valence-electron chi connectivity index (χ1n) is 5.33. The first-order valence-corrected chi connectivity index (χ1v) is 5.33. The third kappa shape index (κ3) is 1.79. The quantitative estimate of drug-likeness (QED) is 0.684. The zero-order valence-corrected chi connectivity index (χ0v) is 7.96. The van der Waals surface area contributed by atoms with Crippen LogP contribution in [-0.4, -0.2) is 12.1 Å². The van der Waals surface area contributed by atoms with Gasteiger partial charge >= 0.3 is 6.03 Å². The molecule has 2 rings (SSSR count). The van der Waals surface area contributed by atoms with E-state index in [-0.39, 0.29) is 6.03 Å². The van der Waals surface area contributed by atoms with Gasteiger partial charge in [0.05, 0.1) is 0 Å². The Morgan fingerprint density at radius 1 is 1.15 bits per heavy atom. The third-order valence-corrected chi connectivity index (χ3v) is 3.62. The largest absolute Gasteiger partial charge is 0.352 e. The minimum atomic E-state index is -0.344. The molecule has 2 saturated carbocycles. The molecule has 0 heterocycles. The summed E-state index contributed by atoms with van der Waals surface area (Å²) in [6.45, 7) is 0. The summed E-state index contributed by atoms with van der Waals surface area (Å²) in [5.41, 5.74) is 5.18. The fourth-order valence-electron chi connectivity index (χ4n) is 2.38. The van der Waals surface area contributed by atoms with Crippen molar-refractivity contribution in [3.05, 3.63) is 0 Å². The predicted octanol–water partition coefficient (Wildman–Crippen LogP) is 1.62. The summed E-state index contributed by atoms with van der Waals surface area (Å²) < 4.78 is 0. The Morgan fingerprint density at radius 2 is 1.62 bits per heavy atom. The van der Waals surface area contributed by atoms with E-state index in [2.05, 4.69) is 5.32 Å². The molecule has 3 heteroatoms. The van der Waals surface area contributed by atoms with Gasteiger partial charge in [-0.1, -0.05) is 12.8 Å². The zero-order valence-electron chi connectivity index (χ0n) is 7.96. The summed E-state index contributed by atoms with van der Waals surface area (Å²) in [4.78, 5) is 10.8. The van der Waals surface area contributed by atoms with Crippen LogP contribution in [0, 0.1) is 11.8 Å². The van der Waals surface area contributed by atoms with Gasteiger partial charge in [-0.05, 0) is 37.5 Å². The van der Waals surface area contributed by atoms with Crippen molar-refractivity contribution < 1.29 is 4.79 Å². The van der Waals surface area contributed by atoms with Crippen LogP contribution in [0.2, 0.25) is 0 Å². The Hall–Kier alpha value is -0.730. The molecule has 0 saturated heterocycles. The van der Waals surface area contributed by atoms with Gasteiger partial charge in [0.15, 0.2) is 0 Å². The number of hydrogen-bond acceptors (Lipinski definition) is 1. The fraction of sp³-hybridized carbons (Fsp3) is 0.900. The molecule has 0 radical (unpaired) electrons. The van der Waals surface area contributed by atoms with Gasteiger partial charge in [-0.2, -0.15) is 0 Å². The summed E-state index contributed by atoms with van der Waals surface area (Å²) >= 11 is 0. The maximum atomic E-state index is 10.8. The zero-order chi connectivity index (χ0) is 9.26. The maximum Gasteiger partial charge on any atom is 0.312 e. The monoisotopic (exact) mass is 182 g/mol. The van der Waals surface area contributed by atoms with E-state index in [1.165, 1.54) is 38.5 Å². The molecule has 0 aromatic rings. The molecule has 2 aliphatic rings. The van der Waals surface area contributed by atoms with Crippen LogP contribution in [0.3, 0.4) is 0 Å². The number of rotatable bonds is 3. The van der Waals surface area contributed by atoms with Gasteiger partial charge in [0.25, 0.3) is 0 Å². The number of hydrogen-bond donors (Lipinski definition) is 2. The van der Waals surface area contributed by atoms with E-state index in [1.807, 2.05) is 0 Å². The minimum Gasteiger partial charge on any atom is -0.352 e. The summed E-state index contributed by atoms with van der Waals surface area (Å²) in [6, 6.07) is 0.0452. The Balaban J connectivity index is 1.88. The van der Waals surface area contributed by atoms with Crippen molar-refractivity contribution >= 4 is 6.03 Å². The van der Waals surface area contributed by atoms with Crippen LogP contribution in [0.4, 0.5) is 4.79 Å². The molecule has 2 fully saturated rings. The van der Waals surface area contributed by atoms with Crippen LogP contribution < -0.4 is 11.1 Å². The second-order valence-corrected chi connectivity index (χ2v) is 4.42. The first-order chi connectivity index (χ1) is 6.27.